The lowest BCUT2D eigenvalue weighted by molar-refractivity contribution is 0.403. The fraction of sp³-hybridized carbons (Fsp3) is 0. The number of nitrogens with zero attached hydrogens (tertiary/aromatic N) is 2. The van der Waals surface area contributed by atoms with E-state index < -0.39 is 11.5 Å². The lowest BCUT2D eigenvalue weighted by Gasteiger charge is -2.08. The van der Waals surface area contributed by atoms with Gasteiger partial charge in [0.15, 0.2) is 11.5 Å². The summed E-state index contributed by atoms with van der Waals surface area (Å²) in [6.45, 7) is 0. The highest BCUT2D eigenvalue weighted by Gasteiger charge is 2.20. The first kappa shape index (κ1) is 14.6. The third-order valence-corrected chi connectivity index (χ3v) is 4.57. The molecule has 0 aliphatic heterocycles. The molecule has 2 N–H and O–H groups in total. The summed E-state index contributed by atoms with van der Waals surface area (Å²) in [6, 6.07) is 18.5. The molecule has 4 nitrogen and oxygen atoms in total. The van der Waals surface area contributed by atoms with E-state index in [-0.39, 0.29) is 11.1 Å². The summed E-state index contributed by atoms with van der Waals surface area (Å²) >= 11 is 1.42. The molecule has 0 atom stereocenters. The number of thiophene rings is 1. The van der Waals surface area contributed by atoms with Crippen molar-refractivity contribution >= 4 is 11.3 Å². The Morgan fingerprint density at radius 3 is 2.22 bits per heavy atom. The zero-order valence-corrected chi connectivity index (χ0v) is 12.6. The van der Waals surface area contributed by atoms with E-state index in [1.807, 2.05) is 48.5 Å². The van der Waals surface area contributed by atoms with Crippen molar-refractivity contribution in [2.75, 3.05) is 0 Å². The summed E-state index contributed by atoms with van der Waals surface area (Å²) in [5.74, 6) is -0.974. The maximum absolute atomic E-state index is 9.91. The van der Waals surface area contributed by atoms with Gasteiger partial charge in [-0.1, -0.05) is 30.3 Å². The van der Waals surface area contributed by atoms with Gasteiger partial charge in [0.05, 0.1) is 11.6 Å². The molecule has 0 bridgehead atoms. The Morgan fingerprint density at radius 1 is 0.870 bits per heavy atom. The van der Waals surface area contributed by atoms with Crippen molar-refractivity contribution in [3.63, 3.8) is 0 Å². The highest BCUT2D eigenvalue weighted by atomic mass is 32.1. The molecule has 0 spiro atoms. The van der Waals surface area contributed by atoms with Gasteiger partial charge in [0.25, 0.3) is 0 Å². The second kappa shape index (κ2) is 5.84. The minimum absolute atomic E-state index is 0.0944. The van der Waals surface area contributed by atoms with Crippen LogP contribution in [0.15, 0.2) is 48.5 Å². The smallest absolute Gasteiger partial charge is 0.176 e. The molecular weight excluding hydrogens is 308 g/mol. The second-order valence-corrected chi connectivity index (χ2v) is 5.88. The summed E-state index contributed by atoms with van der Waals surface area (Å²) < 4.78 is 0. The molecule has 0 aliphatic carbocycles. The third-order valence-electron chi connectivity index (χ3n) is 3.42. The van der Waals surface area contributed by atoms with Gasteiger partial charge in [0.2, 0.25) is 0 Å². The molecule has 23 heavy (non-hydrogen) atoms. The molecule has 3 rings (SSSR count). The van der Waals surface area contributed by atoms with E-state index >= 15 is 0 Å². The number of nitriles is 2. The Labute approximate surface area is 136 Å². The minimum Gasteiger partial charge on any atom is -0.504 e. The van der Waals surface area contributed by atoms with Crippen LogP contribution in [-0.4, -0.2) is 10.2 Å². The summed E-state index contributed by atoms with van der Waals surface area (Å²) in [4.78, 5) is 1.67. The molecule has 2 aromatic carbocycles. The molecule has 0 amide bonds. The molecule has 0 fully saturated rings. The van der Waals surface area contributed by atoms with Gasteiger partial charge >= 0.3 is 0 Å². The van der Waals surface area contributed by atoms with Gasteiger partial charge < -0.3 is 10.2 Å². The fourth-order valence-electron chi connectivity index (χ4n) is 2.34. The maximum atomic E-state index is 9.91. The topological polar surface area (TPSA) is 88.0 Å². The number of rotatable bonds is 2. The minimum atomic E-state index is -0.504. The second-order valence-electron chi connectivity index (χ2n) is 4.80. The van der Waals surface area contributed by atoms with Crippen LogP contribution in [0.25, 0.3) is 20.9 Å². The van der Waals surface area contributed by atoms with Crippen molar-refractivity contribution in [2.24, 2.45) is 0 Å². The van der Waals surface area contributed by atoms with Gasteiger partial charge in [-0.05, 0) is 17.7 Å². The first-order valence-corrected chi connectivity index (χ1v) is 7.52. The number of benzene rings is 2. The van der Waals surface area contributed by atoms with Crippen LogP contribution in [0.3, 0.4) is 0 Å². The van der Waals surface area contributed by atoms with Crippen LogP contribution < -0.4 is 0 Å². The molecule has 0 unspecified atom stereocenters. The van der Waals surface area contributed by atoms with Gasteiger partial charge in [-0.3, -0.25) is 0 Å². The summed E-state index contributed by atoms with van der Waals surface area (Å²) in [5.41, 5.74) is 1.43. The molecular formula is C18H10N2O2S. The van der Waals surface area contributed by atoms with Crippen LogP contribution >= 0.6 is 11.3 Å². The van der Waals surface area contributed by atoms with Crippen molar-refractivity contribution in [1.82, 2.24) is 0 Å². The van der Waals surface area contributed by atoms with Gasteiger partial charge in [-0.25, -0.2) is 0 Å². The molecule has 3 aromatic rings. The van der Waals surface area contributed by atoms with Crippen molar-refractivity contribution in [3.8, 4) is 44.5 Å². The van der Waals surface area contributed by atoms with E-state index in [1.165, 1.54) is 17.4 Å². The zero-order valence-electron chi connectivity index (χ0n) is 11.8. The Hall–Kier alpha value is -3.28. The predicted molar refractivity (Wildman–Crippen MR) is 88.0 cm³/mol. The Bertz CT molecular complexity index is 963. The molecule has 5 heteroatoms. The van der Waals surface area contributed by atoms with Crippen molar-refractivity contribution in [1.29, 1.82) is 10.5 Å². The summed E-state index contributed by atoms with van der Waals surface area (Å²) in [7, 11) is 0. The van der Waals surface area contributed by atoms with E-state index in [2.05, 4.69) is 0 Å². The number of phenols is 2. The third kappa shape index (κ3) is 2.50. The van der Waals surface area contributed by atoms with Crippen LogP contribution in [-0.2, 0) is 0 Å². The highest BCUT2D eigenvalue weighted by molar-refractivity contribution is 7.18. The monoisotopic (exact) mass is 318 g/mol. The predicted octanol–water partition coefficient (Wildman–Crippen LogP) is 4.24. The van der Waals surface area contributed by atoms with E-state index in [4.69, 9.17) is 0 Å². The van der Waals surface area contributed by atoms with Crippen molar-refractivity contribution < 1.29 is 10.2 Å². The van der Waals surface area contributed by atoms with Gasteiger partial charge in [-0.2, -0.15) is 10.5 Å². The standard InChI is InChI=1S/C18H10N2O2S/c19-9-12-8-14(21)18(22)13(10-20)17(12)16-7-6-15(23-16)11-4-2-1-3-5-11/h1-8,21-22H. The normalized spacial score (nSPS) is 10.0. The zero-order chi connectivity index (χ0) is 16.4. The van der Waals surface area contributed by atoms with Crippen LogP contribution in [0.5, 0.6) is 11.5 Å². The van der Waals surface area contributed by atoms with E-state index in [1.54, 1.807) is 6.07 Å². The van der Waals surface area contributed by atoms with E-state index in [0.29, 0.717) is 10.4 Å². The lowest BCUT2D eigenvalue weighted by Crippen LogP contribution is -1.89. The van der Waals surface area contributed by atoms with Crippen LogP contribution in [0.1, 0.15) is 11.1 Å². The Balaban J connectivity index is 2.21. The summed E-state index contributed by atoms with van der Waals surface area (Å²) in [6.07, 6.45) is 0. The average Bonchev–Trinajstić information content (AvgIpc) is 3.07. The van der Waals surface area contributed by atoms with Crippen LogP contribution in [0.4, 0.5) is 0 Å². The van der Waals surface area contributed by atoms with Gasteiger partial charge in [-0.15, -0.1) is 11.3 Å². The molecule has 0 aliphatic rings. The number of hydrogen-bond acceptors (Lipinski definition) is 5. The molecule has 1 aromatic heterocycles. The van der Waals surface area contributed by atoms with Crippen molar-refractivity contribution in [2.45, 2.75) is 0 Å². The average molecular weight is 318 g/mol. The Morgan fingerprint density at radius 2 is 1.57 bits per heavy atom. The molecule has 0 radical (unpaired) electrons. The lowest BCUT2D eigenvalue weighted by atomic mass is 9.99. The van der Waals surface area contributed by atoms with Crippen LogP contribution in [0, 0.1) is 22.7 Å². The molecule has 110 valence electrons. The molecule has 1 heterocycles. The fourth-order valence-corrected chi connectivity index (χ4v) is 3.42. The van der Waals surface area contributed by atoms with Gasteiger partial charge in [0.1, 0.15) is 11.6 Å². The summed E-state index contributed by atoms with van der Waals surface area (Å²) in [5, 5.41) is 38.1. The van der Waals surface area contributed by atoms with Gasteiger partial charge in [0, 0.05) is 21.4 Å². The van der Waals surface area contributed by atoms with E-state index in [9.17, 15) is 20.7 Å². The quantitative estimate of drug-likeness (QED) is 0.692. The SMILES string of the molecule is N#Cc1cc(O)c(O)c(C#N)c1-c1ccc(-c2ccccc2)s1. The highest BCUT2D eigenvalue weighted by Crippen LogP contribution is 2.43. The van der Waals surface area contributed by atoms with Crippen molar-refractivity contribution in [3.05, 3.63) is 59.7 Å². The molecule has 0 saturated heterocycles. The number of aromatic hydroxyl groups is 2. The Kier molecular flexibility index (Phi) is 3.72. The first-order valence-electron chi connectivity index (χ1n) is 6.70. The maximum Gasteiger partial charge on any atom is 0.176 e. The van der Waals surface area contributed by atoms with Crippen LogP contribution in [0.2, 0.25) is 0 Å². The number of hydrogen-bond donors (Lipinski definition) is 2. The number of phenolic OH excluding ortho intramolecular Hbond substituents is 2. The largest absolute Gasteiger partial charge is 0.504 e. The molecule has 0 saturated carbocycles. The first-order chi connectivity index (χ1) is 11.2. The van der Waals surface area contributed by atoms with E-state index in [0.717, 1.165) is 10.4 Å².